The molecular formula is C16H20FN3O4S. The van der Waals surface area contributed by atoms with Gasteiger partial charge in [-0.2, -0.15) is 0 Å². The average molecular weight is 369 g/mol. The normalized spacial score (nSPS) is 26.6. The third-order valence-electron chi connectivity index (χ3n) is 4.59. The summed E-state index contributed by atoms with van der Waals surface area (Å²) >= 11 is 0. The average Bonchev–Trinajstić information content (AvgIpc) is 2.98. The van der Waals surface area contributed by atoms with Gasteiger partial charge in [0.25, 0.3) is 0 Å². The Balaban J connectivity index is 1.44. The standard InChI is InChI=1S/C16H20FN3O4S/c17-10-5-7-11(8-6-10)18-14(21)4-2-1-3-13-15-12(9-25(13,23)24)19-16(22)20-15/h5-8,12-13,15H,1-4,9H2,(H,18,21)(H2,19,20,22)/t12-,13-,15-/m1/s1. The van der Waals surface area contributed by atoms with Crippen LogP contribution in [0.1, 0.15) is 25.7 Å². The minimum Gasteiger partial charge on any atom is -0.332 e. The molecule has 0 radical (unpaired) electrons. The summed E-state index contributed by atoms with van der Waals surface area (Å²) in [6.07, 6.45) is 1.77. The maximum atomic E-state index is 12.8. The summed E-state index contributed by atoms with van der Waals surface area (Å²) in [5, 5.41) is 7.36. The van der Waals surface area contributed by atoms with E-state index in [0.29, 0.717) is 24.9 Å². The molecule has 136 valence electrons. The van der Waals surface area contributed by atoms with Gasteiger partial charge in [-0.15, -0.1) is 0 Å². The van der Waals surface area contributed by atoms with Crippen molar-refractivity contribution in [2.75, 3.05) is 11.1 Å². The molecule has 1 aromatic carbocycles. The number of hydrogen-bond donors (Lipinski definition) is 3. The zero-order valence-electron chi connectivity index (χ0n) is 13.5. The monoisotopic (exact) mass is 369 g/mol. The molecule has 3 amide bonds. The number of fused-ring (bicyclic) bond motifs is 1. The lowest BCUT2D eigenvalue weighted by Gasteiger charge is -2.16. The van der Waals surface area contributed by atoms with E-state index in [1.165, 1.54) is 24.3 Å². The van der Waals surface area contributed by atoms with Gasteiger partial charge in [-0.05, 0) is 37.1 Å². The summed E-state index contributed by atoms with van der Waals surface area (Å²) in [5.74, 6) is -0.608. The van der Waals surface area contributed by atoms with Crippen molar-refractivity contribution in [3.63, 3.8) is 0 Å². The number of benzene rings is 1. The fraction of sp³-hybridized carbons (Fsp3) is 0.500. The third kappa shape index (κ3) is 4.09. The Morgan fingerprint density at radius 3 is 2.64 bits per heavy atom. The second-order valence-electron chi connectivity index (χ2n) is 6.42. The Labute approximate surface area is 145 Å². The topological polar surface area (TPSA) is 104 Å². The molecule has 2 aliphatic heterocycles. The predicted molar refractivity (Wildman–Crippen MR) is 90.3 cm³/mol. The maximum absolute atomic E-state index is 12.8. The van der Waals surface area contributed by atoms with Crippen LogP contribution in [-0.2, 0) is 14.6 Å². The maximum Gasteiger partial charge on any atom is 0.315 e. The molecule has 0 bridgehead atoms. The summed E-state index contributed by atoms with van der Waals surface area (Å²) in [7, 11) is -3.24. The number of amides is 3. The highest BCUT2D eigenvalue weighted by atomic mass is 32.2. The number of sulfone groups is 1. The number of carbonyl (C=O) groups is 2. The molecule has 2 saturated heterocycles. The van der Waals surface area contributed by atoms with Gasteiger partial charge in [-0.3, -0.25) is 4.79 Å². The van der Waals surface area contributed by atoms with Gasteiger partial charge >= 0.3 is 6.03 Å². The number of urea groups is 1. The summed E-state index contributed by atoms with van der Waals surface area (Å²) in [6, 6.07) is 4.42. The van der Waals surface area contributed by atoms with E-state index in [1.807, 2.05) is 0 Å². The highest BCUT2D eigenvalue weighted by molar-refractivity contribution is 7.92. The van der Waals surface area contributed by atoms with E-state index in [-0.39, 0.29) is 42.0 Å². The van der Waals surface area contributed by atoms with E-state index in [1.54, 1.807) is 0 Å². The Kier molecular flexibility index (Phi) is 4.94. The zero-order chi connectivity index (χ0) is 18.0. The van der Waals surface area contributed by atoms with Crippen molar-refractivity contribution >= 4 is 27.5 Å². The second kappa shape index (κ2) is 6.99. The first kappa shape index (κ1) is 17.7. The third-order valence-corrected chi connectivity index (χ3v) is 6.87. The number of rotatable bonds is 6. The molecule has 0 spiro atoms. The summed E-state index contributed by atoms with van der Waals surface area (Å²) in [5.41, 5.74) is 0.521. The number of carbonyl (C=O) groups excluding carboxylic acids is 2. The first-order valence-electron chi connectivity index (χ1n) is 8.19. The number of nitrogens with one attached hydrogen (secondary N) is 3. The zero-order valence-corrected chi connectivity index (χ0v) is 14.3. The molecule has 3 N–H and O–H groups in total. The van der Waals surface area contributed by atoms with Gasteiger partial charge in [0.2, 0.25) is 5.91 Å². The van der Waals surface area contributed by atoms with Crippen molar-refractivity contribution in [1.82, 2.24) is 10.6 Å². The first-order valence-corrected chi connectivity index (χ1v) is 9.91. The molecule has 0 aromatic heterocycles. The summed E-state index contributed by atoms with van der Waals surface area (Å²) < 4.78 is 37.2. The quantitative estimate of drug-likeness (QED) is 0.517. The number of anilines is 1. The molecule has 25 heavy (non-hydrogen) atoms. The van der Waals surface area contributed by atoms with E-state index < -0.39 is 15.1 Å². The van der Waals surface area contributed by atoms with Gasteiger partial charge in [-0.25, -0.2) is 17.6 Å². The highest BCUT2D eigenvalue weighted by Crippen LogP contribution is 2.28. The van der Waals surface area contributed by atoms with E-state index in [0.717, 1.165) is 0 Å². The van der Waals surface area contributed by atoms with Crippen LogP contribution in [-0.4, -0.2) is 43.4 Å². The lowest BCUT2D eigenvalue weighted by atomic mass is 10.0. The van der Waals surface area contributed by atoms with E-state index in [9.17, 15) is 22.4 Å². The minimum atomic E-state index is -3.24. The molecule has 2 fully saturated rings. The van der Waals surface area contributed by atoms with Crippen molar-refractivity contribution < 1.29 is 22.4 Å². The molecule has 3 atom stereocenters. The fourth-order valence-corrected chi connectivity index (χ4v) is 5.66. The summed E-state index contributed by atoms with van der Waals surface area (Å²) in [4.78, 5) is 23.2. The molecule has 3 rings (SSSR count). The smallest absolute Gasteiger partial charge is 0.315 e. The van der Waals surface area contributed by atoms with Crippen LogP contribution in [0.3, 0.4) is 0 Å². The Morgan fingerprint density at radius 2 is 1.92 bits per heavy atom. The van der Waals surface area contributed by atoms with Gasteiger partial charge in [0, 0.05) is 12.1 Å². The Morgan fingerprint density at radius 1 is 1.20 bits per heavy atom. The fourth-order valence-electron chi connectivity index (χ4n) is 3.39. The number of halogens is 1. The van der Waals surface area contributed by atoms with Crippen LogP contribution in [0.15, 0.2) is 24.3 Å². The van der Waals surface area contributed by atoms with Crippen LogP contribution in [0.25, 0.3) is 0 Å². The lowest BCUT2D eigenvalue weighted by molar-refractivity contribution is -0.116. The van der Waals surface area contributed by atoms with Gasteiger partial charge in [-0.1, -0.05) is 6.42 Å². The first-order chi connectivity index (χ1) is 11.8. The lowest BCUT2D eigenvalue weighted by Crippen LogP contribution is -2.39. The molecule has 0 unspecified atom stereocenters. The number of unbranched alkanes of at least 4 members (excludes halogenated alkanes) is 1. The predicted octanol–water partition coefficient (Wildman–Crippen LogP) is 1.17. The largest absolute Gasteiger partial charge is 0.332 e. The molecule has 0 aliphatic carbocycles. The van der Waals surface area contributed by atoms with Gasteiger partial charge in [0.05, 0.1) is 23.1 Å². The van der Waals surface area contributed by atoms with Crippen LogP contribution in [0.4, 0.5) is 14.9 Å². The van der Waals surface area contributed by atoms with E-state index in [4.69, 9.17) is 0 Å². The molecule has 0 saturated carbocycles. The second-order valence-corrected chi connectivity index (χ2v) is 8.68. The molecule has 7 nitrogen and oxygen atoms in total. The molecule has 2 aliphatic rings. The van der Waals surface area contributed by atoms with Crippen molar-refractivity contribution in [1.29, 1.82) is 0 Å². The Bertz CT molecular complexity index is 766. The molecule has 2 heterocycles. The van der Waals surface area contributed by atoms with Gasteiger partial charge in [0.15, 0.2) is 9.84 Å². The van der Waals surface area contributed by atoms with Crippen LogP contribution >= 0.6 is 0 Å². The van der Waals surface area contributed by atoms with Crippen molar-refractivity contribution in [2.45, 2.75) is 43.0 Å². The minimum absolute atomic E-state index is 0.0356. The van der Waals surface area contributed by atoms with Crippen molar-refractivity contribution in [2.24, 2.45) is 0 Å². The molecular weight excluding hydrogens is 349 g/mol. The van der Waals surface area contributed by atoms with Gasteiger partial charge in [0.1, 0.15) is 5.82 Å². The van der Waals surface area contributed by atoms with Crippen LogP contribution < -0.4 is 16.0 Å². The van der Waals surface area contributed by atoms with Crippen LogP contribution in [0.2, 0.25) is 0 Å². The molecule has 1 aromatic rings. The van der Waals surface area contributed by atoms with Gasteiger partial charge < -0.3 is 16.0 Å². The Hall–Kier alpha value is -2.16. The van der Waals surface area contributed by atoms with Crippen molar-refractivity contribution in [3.8, 4) is 0 Å². The number of hydrogen-bond acceptors (Lipinski definition) is 4. The van der Waals surface area contributed by atoms with Crippen LogP contribution in [0.5, 0.6) is 0 Å². The van der Waals surface area contributed by atoms with Crippen molar-refractivity contribution in [3.05, 3.63) is 30.1 Å². The SMILES string of the molecule is O=C(CCCC[C@@H]1[C@@H]2NC(=O)N[C@@H]2CS1(=O)=O)Nc1ccc(F)cc1. The highest BCUT2D eigenvalue weighted by Gasteiger charge is 2.51. The van der Waals surface area contributed by atoms with E-state index in [2.05, 4.69) is 16.0 Å². The summed E-state index contributed by atoms with van der Waals surface area (Å²) in [6.45, 7) is 0. The van der Waals surface area contributed by atoms with E-state index >= 15 is 0 Å². The molecule has 9 heteroatoms. The van der Waals surface area contributed by atoms with Crippen LogP contribution in [0, 0.1) is 5.82 Å².